The first-order valence-corrected chi connectivity index (χ1v) is 7.03. The van der Waals surface area contributed by atoms with Crippen LogP contribution < -0.4 is 10.2 Å². The number of rotatable bonds is 5. The van der Waals surface area contributed by atoms with Gasteiger partial charge in [0.1, 0.15) is 0 Å². The molecule has 0 bridgehead atoms. The Morgan fingerprint density at radius 3 is 2.79 bits per heavy atom. The van der Waals surface area contributed by atoms with E-state index in [1.54, 1.807) is 12.1 Å². The first kappa shape index (κ1) is 13.9. The second-order valence-corrected chi connectivity index (χ2v) is 5.05. The van der Waals surface area contributed by atoms with Crippen LogP contribution in [0.25, 0.3) is 0 Å². The predicted octanol–water partition coefficient (Wildman–Crippen LogP) is 2.35. The summed E-state index contributed by atoms with van der Waals surface area (Å²) in [6, 6.07) is 7.75. The molecule has 0 saturated carbocycles. The molecule has 0 spiro atoms. The normalized spacial score (nSPS) is 19.4. The Morgan fingerprint density at radius 2 is 2.16 bits per heavy atom. The minimum atomic E-state index is -0.866. The Balaban J connectivity index is 2.10. The van der Waals surface area contributed by atoms with Crippen molar-refractivity contribution in [2.75, 3.05) is 24.5 Å². The van der Waals surface area contributed by atoms with Crippen LogP contribution in [-0.2, 0) is 0 Å². The van der Waals surface area contributed by atoms with E-state index in [2.05, 4.69) is 17.1 Å². The minimum absolute atomic E-state index is 0.351. The van der Waals surface area contributed by atoms with Gasteiger partial charge in [0.15, 0.2) is 0 Å². The molecule has 1 aliphatic rings. The van der Waals surface area contributed by atoms with Gasteiger partial charge in [-0.2, -0.15) is 0 Å². The second-order valence-electron chi connectivity index (χ2n) is 5.05. The third kappa shape index (κ3) is 3.47. The topological polar surface area (TPSA) is 52.6 Å². The zero-order valence-corrected chi connectivity index (χ0v) is 11.4. The van der Waals surface area contributed by atoms with Crippen molar-refractivity contribution in [3.63, 3.8) is 0 Å². The lowest BCUT2D eigenvalue weighted by Gasteiger charge is -2.38. The number of piperazine rings is 1. The Hall–Kier alpha value is -1.55. The number of carboxylic acid groups (broad SMARTS) is 1. The number of hydrogen-bond acceptors (Lipinski definition) is 3. The summed E-state index contributed by atoms with van der Waals surface area (Å²) in [4.78, 5) is 13.3. The zero-order valence-electron chi connectivity index (χ0n) is 11.4. The molecule has 0 aliphatic carbocycles. The monoisotopic (exact) mass is 262 g/mol. The third-order valence-electron chi connectivity index (χ3n) is 3.69. The number of carboxylic acids is 1. The quantitative estimate of drug-likeness (QED) is 0.855. The van der Waals surface area contributed by atoms with E-state index in [9.17, 15) is 4.79 Å². The molecule has 0 amide bonds. The summed E-state index contributed by atoms with van der Waals surface area (Å²) in [6.45, 7) is 5.20. The lowest BCUT2D eigenvalue weighted by molar-refractivity contribution is 0.0697. The highest BCUT2D eigenvalue weighted by Crippen LogP contribution is 2.21. The van der Waals surface area contributed by atoms with Crippen LogP contribution in [0.1, 0.15) is 36.5 Å². The Morgan fingerprint density at radius 1 is 1.42 bits per heavy atom. The summed E-state index contributed by atoms with van der Waals surface area (Å²) in [5.74, 6) is -0.866. The Labute approximate surface area is 114 Å². The highest BCUT2D eigenvalue weighted by molar-refractivity contribution is 5.88. The molecule has 1 fully saturated rings. The number of nitrogens with zero attached hydrogens (tertiary/aromatic N) is 1. The fourth-order valence-corrected chi connectivity index (χ4v) is 2.59. The summed E-state index contributed by atoms with van der Waals surface area (Å²) in [6.07, 6.45) is 3.63. The van der Waals surface area contributed by atoms with Crippen molar-refractivity contribution in [1.29, 1.82) is 0 Å². The maximum absolute atomic E-state index is 10.9. The van der Waals surface area contributed by atoms with Crippen LogP contribution in [0.2, 0.25) is 0 Å². The van der Waals surface area contributed by atoms with E-state index in [1.807, 2.05) is 12.1 Å². The van der Waals surface area contributed by atoms with Crippen molar-refractivity contribution >= 4 is 11.7 Å². The molecule has 1 saturated heterocycles. The molecule has 2 rings (SSSR count). The van der Waals surface area contributed by atoms with E-state index in [4.69, 9.17) is 5.11 Å². The first-order chi connectivity index (χ1) is 9.22. The molecule has 4 heteroatoms. The SMILES string of the molecule is CCCC[C@H]1CNCCN1c1ccc(C(=O)O)cc1. The van der Waals surface area contributed by atoms with Crippen molar-refractivity contribution in [1.82, 2.24) is 5.32 Å². The molecule has 4 nitrogen and oxygen atoms in total. The van der Waals surface area contributed by atoms with Gasteiger partial charge in [-0.1, -0.05) is 19.8 Å². The van der Waals surface area contributed by atoms with Gasteiger partial charge in [0.2, 0.25) is 0 Å². The molecule has 0 aromatic heterocycles. The Kier molecular flexibility index (Phi) is 4.80. The summed E-state index contributed by atoms with van der Waals surface area (Å²) in [7, 11) is 0. The van der Waals surface area contributed by atoms with Crippen LogP contribution in [0.4, 0.5) is 5.69 Å². The summed E-state index contributed by atoms with van der Waals surface area (Å²) in [5.41, 5.74) is 1.48. The summed E-state index contributed by atoms with van der Waals surface area (Å²) < 4.78 is 0. The molecule has 1 heterocycles. The molecule has 0 radical (unpaired) electrons. The summed E-state index contributed by atoms with van der Waals surface area (Å²) >= 11 is 0. The maximum Gasteiger partial charge on any atom is 0.335 e. The lowest BCUT2D eigenvalue weighted by Crippen LogP contribution is -2.51. The molecule has 2 N–H and O–H groups in total. The smallest absolute Gasteiger partial charge is 0.335 e. The van der Waals surface area contributed by atoms with E-state index >= 15 is 0 Å². The largest absolute Gasteiger partial charge is 0.478 e. The van der Waals surface area contributed by atoms with Crippen molar-refractivity contribution < 1.29 is 9.90 Å². The average molecular weight is 262 g/mol. The van der Waals surface area contributed by atoms with E-state index in [-0.39, 0.29) is 0 Å². The van der Waals surface area contributed by atoms with Crippen LogP contribution in [0, 0.1) is 0 Å². The van der Waals surface area contributed by atoms with Gasteiger partial charge >= 0.3 is 5.97 Å². The molecule has 1 atom stereocenters. The molecular formula is C15H22N2O2. The number of carbonyl (C=O) groups is 1. The molecule has 104 valence electrons. The Bertz CT molecular complexity index is 417. The van der Waals surface area contributed by atoms with Gasteiger partial charge < -0.3 is 15.3 Å². The number of nitrogens with one attached hydrogen (secondary N) is 1. The van der Waals surface area contributed by atoms with E-state index in [1.165, 1.54) is 19.3 Å². The zero-order chi connectivity index (χ0) is 13.7. The second kappa shape index (κ2) is 6.57. The van der Waals surface area contributed by atoms with Gasteiger partial charge in [0.05, 0.1) is 5.56 Å². The van der Waals surface area contributed by atoms with E-state index in [0.717, 1.165) is 25.3 Å². The average Bonchev–Trinajstić information content (AvgIpc) is 2.45. The molecule has 19 heavy (non-hydrogen) atoms. The van der Waals surface area contributed by atoms with Gasteiger partial charge in [-0.05, 0) is 30.7 Å². The number of benzene rings is 1. The van der Waals surface area contributed by atoms with Gasteiger partial charge in [-0.15, -0.1) is 0 Å². The third-order valence-corrected chi connectivity index (χ3v) is 3.69. The van der Waals surface area contributed by atoms with E-state index in [0.29, 0.717) is 11.6 Å². The predicted molar refractivity (Wildman–Crippen MR) is 76.9 cm³/mol. The van der Waals surface area contributed by atoms with Crippen LogP contribution in [-0.4, -0.2) is 36.8 Å². The van der Waals surface area contributed by atoms with Gasteiger partial charge in [0, 0.05) is 31.4 Å². The van der Waals surface area contributed by atoms with Crippen molar-refractivity contribution in [2.45, 2.75) is 32.2 Å². The number of hydrogen-bond donors (Lipinski definition) is 2. The number of aromatic carboxylic acids is 1. The molecule has 1 aliphatic heterocycles. The highest BCUT2D eigenvalue weighted by Gasteiger charge is 2.21. The van der Waals surface area contributed by atoms with Crippen molar-refractivity contribution in [3.05, 3.63) is 29.8 Å². The van der Waals surface area contributed by atoms with Gasteiger partial charge in [-0.25, -0.2) is 4.79 Å². The van der Waals surface area contributed by atoms with Crippen LogP contribution in [0.15, 0.2) is 24.3 Å². The lowest BCUT2D eigenvalue weighted by atomic mass is 10.0. The highest BCUT2D eigenvalue weighted by atomic mass is 16.4. The number of unbranched alkanes of at least 4 members (excludes halogenated alkanes) is 1. The standard InChI is InChI=1S/C15H22N2O2/c1-2-3-4-14-11-16-9-10-17(14)13-7-5-12(6-8-13)15(18)19/h5-8,14,16H,2-4,9-11H2,1H3,(H,18,19)/t14-/m0/s1. The number of anilines is 1. The van der Waals surface area contributed by atoms with Crippen molar-refractivity contribution in [2.24, 2.45) is 0 Å². The fourth-order valence-electron chi connectivity index (χ4n) is 2.59. The van der Waals surface area contributed by atoms with Crippen LogP contribution in [0.5, 0.6) is 0 Å². The fraction of sp³-hybridized carbons (Fsp3) is 0.533. The molecule has 0 unspecified atom stereocenters. The first-order valence-electron chi connectivity index (χ1n) is 7.03. The maximum atomic E-state index is 10.9. The molecule has 1 aromatic carbocycles. The summed E-state index contributed by atoms with van der Waals surface area (Å²) in [5, 5.41) is 12.4. The van der Waals surface area contributed by atoms with Gasteiger partial charge in [-0.3, -0.25) is 0 Å². The van der Waals surface area contributed by atoms with Crippen LogP contribution >= 0.6 is 0 Å². The van der Waals surface area contributed by atoms with Crippen molar-refractivity contribution in [3.8, 4) is 0 Å². The van der Waals surface area contributed by atoms with E-state index < -0.39 is 5.97 Å². The van der Waals surface area contributed by atoms with Crippen LogP contribution in [0.3, 0.4) is 0 Å². The minimum Gasteiger partial charge on any atom is -0.478 e. The molecular weight excluding hydrogens is 240 g/mol. The van der Waals surface area contributed by atoms with Gasteiger partial charge in [0.25, 0.3) is 0 Å². The molecule has 1 aromatic rings.